The Morgan fingerprint density at radius 3 is 2.80 bits per heavy atom. The molecule has 84 valence electrons. The maximum atomic E-state index is 5.75. The molecule has 0 unspecified atom stereocenters. The van der Waals surface area contributed by atoms with Crippen LogP contribution in [-0.4, -0.2) is 41.3 Å². The Hall–Kier alpha value is -0.230. The molecule has 0 aliphatic carbocycles. The Bertz CT molecular complexity index is 311. The van der Waals surface area contributed by atoms with Crippen LogP contribution in [-0.2, 0) is 6.54 Å². The Morgan fingerprint density at radius 2 is 2.20 bits per heavy atom. The largest absolute Gasteiger partial charge is 0.317 e. The molecule has 0 aromatic carbocycles. The van der Waals surface area contributed by atoms with E-state index < -0.39 is 0 Å². The fraction of sp³-hybridized carbons (Fsp3) is 0.778. The number of aromatic nitrogens is 2. The Labute approximate surface area is 98.6 Å². The second-order valence-electron chi connectivity index (χ2n) is 3.85. The van der Waals surface area contributed by atoms with Crippen LogP contribution in [0.2, 0.25) is 4.47 Å². The van der Waals surface area contributed by atoms with Crippen LogP contribution in [0.15, 0.2) is 0 Å². The summed E-state index contributed by atoms with van der Waals surface area (Å²) < 4.78 is 0.531. The summed E-state index contributed by atoms with van der Waals surface area (Å²) in [5.41, 5.74) is 0. The van der Waals surface area contributed by atoms with Crippen LogP contribution in [0, 0.1) is 0 Å². The molecule has 0 spiro atoms. The summed E-state index contributed by atoms with van der Waals surface area (Å²) in [6.07, 6.45) is 2.42. The van der Waals surface area contributed by atoms with Crippen molar-refractivity contribution in [2.45, 2.75) is 25.4 Å². The lowest BCUT2D eigenvalue weighted by molar-refractivity contribution is 0.191. The summed E-state index contributed by atoms with van der Waals surface area (Å²) in [5, 5.41) is 12.2. The maximum Gasteiger partial charge on any atom is 0.207 e. The minimum absolute atomic E-state index is 0.531. The molecule has 15 heavy (non-hydrogen) atoms. The molecule has 0 amide bonds. The molecular weight excluding hydrogens is 232 g/mol. The van der Waals surface area contributed by atoms with E-state index in [1.807, 2.05) is 0 Å². The molecule has 1 saturated heterocycles. The summed E-state index contributed by atoms with van der Waals surface area (Å²) in [4.78, 5) is 2.34. The minimum atomic E-state index is 0.531. The monoisotopic (exact) mass is 246 g/mol. The summed E-state index contributed by atoms with van der Waals surface area (Å²) >= 11 is 7.21. The van der Waals surface area contributed by atoms with Gasteiger partial charge in [-0.25, -0.2) is 0 Å². The van der Waals surface area contributed by atoms with Crippen LogP contribution in [0.5, 0.6) is 0 Å². The molecule has 2 heterocycles. The van der Waals surface area contributed by atoms with Gasteiger partial charge < -0.3 is 5.32 Å². The molecule has 1 aliphatic heterocycles. The van der Waals surface area contributed by atoms with Gasteiger partial charge in [-0.05, 0) is 44.6 Å². The molecule has 0 radical (unpaired) electrons. The van der Waals surface area contributed by atoms with E-state index in [9.17, 15) is 0 Å². The molecule has 0 saturated carbocycles. The number of hydrogen-bond acceptors (Lipinski definition) is 5. The first-order valence-corrected chi connectivity index (χ1v) is 6.34. The molecule has 1 aromatic heterocycles. The van der Waals surface area contributed by atoms with Crippen LogP contribution in [0.1, 0.15) is 17.8 Å². The quantitative estimate of drug-likeness (QED) is 0.875. The van der Waals surface area contributed by atoms with Gasteiger partial charge >= 0.3 is 0 Å². The van der Waals surface area contributed by atoms with E-state index in [0.717, 1.165) is 24.6 Å². The zero-order chi connectivity index (χ0) is 10.7. The molecular formula is C9H15ClN4S. The summed E-state index contributed by atoms with van der Waals surface area (Å²) in [6.45, 7) is 3.09. The van der Waals surface area contributed by atoms with E-state index in [4.69, 9.17) is 11.6 Å². The van der Waals surface area contributed by atoms with Crippen LogP contribution in [0.3, 0.4) is 0 Å². The van der Waals surface area contributed by atoms with Gasteiger partial charge in [0.25, 0.3) is 0 Å². The molecule has 1 fully saturated rings. The van der Waals surface area contributed by atoms with Crippen molar-refractivity contribution in [1.82, 2.24) is 20.4 Å². The summed E-state index contributed by atoms with van der Waals surface area (Å²) in [7, 11) is 2.14. The zero-order valence-corrected chi connectivity index (χ0v) is 10.3. The van der Waals surface area contributed by atoms with E-state index in [1.54, 1.807) is 0 Å². The number of halogens is 1. The van der Waals surface area contributed by atoms with Gasteiger partial charge in [-0.1, -0.05) is 11.3 Å². The Kier molecular flexibility index (Phi) is 3.91. The molecule has 0 atom stereocenters. The third-order valence-electron chi connectivity index (χ3n) is 2.76. The van der Waals surface area contributed by atoms with Gasteiger partial charge in [0, 0.05) is 6.04 Å². The van der Waals surface area contributed by atoms with Gasteiger partial charge in [0.15, 0.2) is 0 Å². The first kappa shape index (κ1) is 11.3. The van der Waals surface area contributed by atoms with E-state index in [-0.39, 0.29) is 0 Å². The SMILES string of the molecule is CN(Cc1nnc(Cl)s1)C1CCNCC1. The van der Waals surface area contributed by atoms with Gasteiger partial charge in [-0.15, -0.1) is 10.2 Å². The van der Waals surface area contributed by atoms with Crippen molar-refractivity contribution in [1.29, 1.82) is 0 Å². The molecule has 4 nitrogen and oxygen atoms in total. The average molecular weight is 247 g/mol. The molecule has 6 heteroatoms. The standard InChI is InChI=1S/C9H15ClN4S/c1-14(7-2-4-11-5-3-7)6-8-12-13-9(10)15-8/h7,11H,2-6H2,1H3. The number of rotatable bonds is 3. The molecule has 1 aromatic rings. The minimum Gasteiger partial charge on any atom is -0.317 e. The Morgan fingerprint density at radius 1 is 1.47 bits per heavy atom. The highest BCUT2D eigenvalue weighted by Gasteiger charge is 2.18. The van der Waals surface area contributed by atoms with Crippen molar-refractivity contribution in [2.75, 3.05) is 20.1 Å². The third kappa shape index (κ3) is 3.11. The van der Waals surface area contributed by atoms with Gasteiger partial charge in [-0.2, -0.15) is 0 Å². The van der Waals surface area contributed by atoms with Gasteiger partial charge in [0.05, 0.1) is 6.54 Å². The van der Waals surface area contributed by atoms with E-state index in [1.165, 1.54) is 24.2 Å². The number of nitrogens with zero attached hydrogens (tertiary/aromatic N) is 3. The topological polar surface area (TPSA) is 41.1 Å². The molecule has 2 rings (SSSR count). The maximum absolute atomic E-state index is 5.75. The molecule has 1 N–H and O–H groups in total. The predicted octanol–water partition coefficient (Wildman–Crippen LogP) is 1.38. The van der Waals surface area contributed by atoms with E-state index >= 15 is 0 Å². The normalized spacial score (nSPS) is 18.6. The molecule has 0 bridgehead atoms. The van der Waals surface area contributed by atoms with Crippen molar-refractivity contribution < 1.29 is 0 Å². The van der Waals surface area contributed by atoms with E-state index in [2.05, 4.69) is 27.5 Å². The number of nitrogens with one attached hydrogen (secondary N) is 1. The number of hydrogen-bond donors (Lipinski definition) is 1. The first-order chi connectivity index (χ1) is 7.25. The number of piperidine rings is 1. The fourth-order valence-electron chi connectivity index (χ4n) is 1.89. The van der Waals surface area contributed by atoms with Crippen LogP contribution in [0.25, 0.3) is 0 Å². The predicted molar refractivity (Wildman–Crippen MR) is 62.3 cm³/mol. The van der Waals surface area contributed by atoms with Crippen molar-refractivity contribution in [2.24, 2.45) is 0 Å². The first-order valence-electron chi connectivity index (χ1n) is 5.14. The van der Waals surface area contributed by atoms with Crippen molar-refractivity contribution in [3.63, 3.8) is 0 Å². The van der Waals surface area contributed by atoms with Crippen LogP contribution >= 0.6 is 22.9 Å². The summed E-state index contributed by atoms with van der Waals surface area (Å²) in [5.74, 6) is 0. The van der Waals surface area contributed by atoms with Crippen LogP contribution in [0.4, 0.5) is 0 Å². The lowest BCUT2D eigenvalue weighted by atomic mass is 10.1. The van der Waals surface area contributed by atoms with Crippen LogP contribution < -0.4 is 5.32 Å². The highest BCUT2D eigenvalue weighted by Crippen LogP contribution is 2.18. The second-order valence-corrected chi connectivity index (χ2v) is 5.49. The zero-order valence-electron chi connectivity index (χ0n) is 8.74. The smallest absolute Gasteiger partial charge is 0.207 e. The van der Waals surface area contributed by atoms with E-state index in [0.29, 0.717) is 10.5 Å². The second kappa shape index (κ2) is 5.21. The van der Waals surface area contributed by atoms with Gasteiger partial charge in [0.1, 0.15) is 5.01 Å². The lowest BCUT2D eigenvalue weighted by Gasteiger charge is -2.30. The van der Waals surface area contributed by atoms with Crippen molar-refractivity contribution >= 4 is 22.9 Å². The van der Waals surface area contributed by atoms with Crippen molar-refractivity contribution in [3.05, 3.63) is 9.47 Å². The highest BCUT2D eigenvalue weighted by molar-refractivity contribution is 7.15. The van der Waals surface area contributed by atoms with Gasteiger partial charge in [-0.3, -0.25) is 4.90 Å². The van der Waals surface area contributed by atoms with Gasteiger partial charge in [0.2, 0.25) is 4.47 Å². The van der Waals surface area contributed by atoms with Crippen molar-refractivity contribution in [3.8, 4) is 0 Å². The fourth-order valence-corrected chi connectivity index (χ4v) is 2.82. The average Bonchev–Trinajstić information content (AvgIpc) is 2.65. The lowest BCUT2D eigenvalue weighted by Crippen LogP contribution is -2.40. The molecule has 1 aliphatic rings. The third-order valence-corrected chi connectivity index (χ3v) is 3.76. The highest BCUT2D eigenvalue weighted by atomic mass is 35.5. The Balaban J connectivity index is 1.88. The summed E-state index contributed by atoms with van der Waals surface area (Å²) in [6, 6.07) is 0.661.